The van der Waals surface area contributed by atoms with E-state index in [2.05, 4.69) is 44.0 Å². The lowest BCUT2D eigenvalue weighted by Crippen LogP contribution is -2.58. The van der Waals surface area contributed by atoms with Crippen molar-refractivity contribution in [1.29, 1.82) is 0 Å². The van der Waals surface area contributed by atoms with E-state index in [1.165, 1.54) is 0 Å². The number of carbonyl (C=O) groups excluding carboxylic acids is 2. The predicted octanol–water partition coefficient (Wildman–Crippen LogP) is 4.72. The SMILES string of the molecule is O=C1c2ccccc2C2C(C1Br)C1c3ccccc3C(=O)C(Br)C21. The Bertz CT molecular complexity index is 809. The van der Waals surface area contributed by atoms with Crippen molar-refractivity contribution in [3.05, 3.63) is 70.8 Å². The van der Waals surface area contributed by atoms with Crippen LogP contribution in [0.15, 0.2) is 48.5 Å². The molecule has 24 heavy (non-hydrogen) atoms. The third-order valence-corrected chi connectivity index (χ3v) is 8.06. The third kappa shape index (κ3) is 1.71. The smallest absolute Gasteiger partial charge is 0.177 e. The lowest BCUT2D eigenvalue weighted by molar-refractivity contribution is 0.0543. The van der Waals surface area contributed by atoms with Gasteiger partial charge in [-0.15, -0.1) is 0 Å². The first-order chi connectivity index (χ1) is 11.6. The molecule has 0 saturated heterocycles. The van der Waals surface area contributed by atoms with Crippen LogP contribution in [-0.4, -0.2) is 21.2 Å². The van der Waals surface area contributed by atoms with Gasteiger partial charge in [-0.25, -0.2) is 0 Å². The van der Waals surface area contributed by atoms with Crippen LogP contribution in [0.25, 0.3) is 0 Å². The van der Waals surface area contributed by atoms with Gasteiger partial charge in [-0.1, -0.05) is 80.4 Å². The molecule has 0 bridgehead atoms. The molecule has 0 N–H and O–H groups in total. The summed E-state index contributed by atoms with van der Waals surface area (Å²) in [5.74, 6) is 1.26. The van der Waals surface area contributed by atoms with Crippen molar-refractivity contribution in [2.24, 2.45) is 11.8 Å². The van der Waals surface area contributed by atoms with Gasteiger partial charge in [0, 0.05) is 11.1 Å². The van der Waals surface area contributed by atoms with Crippen molar-refractivity contribution in [3.8, 4) is 0 Å². The Balaban J connectivity index is 1.71. The van der Waals surface area contributed by atoms with Gasteiger partial charge in [0.1, 0.15) is 0 Å². The molecule has 5 rings (SSSR count). The van der Waals surface area contributed by atoms with Gasteiger partial charge in [-0.3, -0.25) is 9.59 Å². The highest BCUT2D eigenvalue weighted by molar-refractivity contribution is 9.10. The summed E-state index contributed by atoms with van der Waals surface area (Å²) in [7, 11) is 0. The Hall–Kier alpha value is -1.26. The van der Waals surface area contributed by atoms with Crippen LogP contribution in [0.2, 0.25) is 0 Å². The number of rotatable bonds is 0. The fraction of sp³-hybridized carbons (Fsp3) is 0.300. The second-order valence-corrected chi connectivity index (χ2v) is 8.89. The van der Waals surface area contributed by atoms with Crippen molar-refractivity contribution in [3.63, 3.8) is 0 Å². The molecule has 3 aliphatic rings. The minimum atomic E-state index is -0.181. The quantitative estimate of drug-likeness (QED) is 0.550. The number of halogens is 2. The number of fused-ring (bicyclic) bond motifs is 8. The molecular formula is C20H14Br2O2. The number of hydrogen-bond donors (Lipinski definition) is 0. The third-order valence-electron chi connectivity index (χ3n) is 6.01. The molecule has 4 heteroatoms. The minimum absolute atomic E-state index is 0.172. The molecule has 2 aromatic carbocycles. The van der Waals surface area contributed by atoms with Crippen LogP contribution in [0.1, 0.15) is 43.7 Å². The van der Waals surface area contributed by atoms with Gasteiger partial charge < -0.3 is 0 Å². The van der Waals surface area contributed by atoms with E-state index < -0.39 is 0 Å². The molecule has 1 saturated carbocycles. The first-order valence-corrected chi connectivity index (χ1v) is 9.99. The van der Waals surface area contributed by atoms with Crippen molar-refractivity contribution in [2.45, 2.75) is 21.5 Å². The summed E-state index contributed by atoms with van der Waals surface area (Å²) in [6, 6.07) is 15.8. The molecule has 0 heterocycles. The molecule has 2 aromatic rings. The molecule has 2 unspecified atom stereocenters. The zero-order chi connectivity index (χ0) is 16.6. The molecule has 0 aliphatic heterocycles. The maximum absolute atomic E-state index is 12.8. The van der Waals surface area contributed by atoms with Crippen LogP contribution in [-0.2, 0) is 0 Å². The normalized spacial score (nSPS) is 36.1. The van der Waals surface area contributed by atoms with E-state index in [-0.39, 0.29) is 44.9 Å². The average molecular weight is 446 g/mol. The number of alkyl halides is 2. The van der Waals surface area contributed by atoms with Gasteiger partial charge in [-0.05, 0) is 34.8 Å². The van der Waals surface area contributed by atoms with Crippen molar-refractivity contribution < 1.29 is 9.59 Å². The monoisotopic (exact) mass is 444 g/mol. The van der Waals surface area contributed by atoms with Gasteiger partial charge in [0.05, 0.1) is 9.65 Å². The molecule has 2 nitrogen and oxygen atoms in total. The summed E-state index contributed by atoms with van der Waals surface area (Å²) >= 11 is 7.36. The molecule has 3 aliphatic carbocycles. The lowest BCUT2D eigenvalue weighted by atomic mass is 9.45. The predicted molar refractivity (Wildman–Crippen MR) is 99.4 cm³/mol. The molecule has 2 atom stereocenters. The number of carbonyl (C=O) groups is 2. The highest BCUT2D eigenvalue weighted by Crippen LogP contribution is 2.66. The lowest BCUT2D eigenvalue weighted by Gasteiger charge is -2.60. The van der Waals surface area contributed by atoms with Crippen LogP contribution < -0.4 is 0 Å². The van der Waals surface area contributed by atoms with E-state index in [4.69, 9.17) is 0 Å². The van der Waals surface area contributed by atoms with Gasteiger partial charge >= 0.3 is 0 Å². The van der Waals surface area contributed by atoms with Gasteiger partial charge in [-0.2, -0.15) is 0 Å². The fourth-order valence-corrected chi connectivity index (χ4v) is 6.85. The van der Waals surface area contributed by atoms with Gasteiger partial charge in [0.2, 0.25) is 0 Å². The molecule has 0 spiro atoms. The van der Waals surface area contributed by atoms with Crippen molar-refractivity contribution in [1.82, 2.24) is 0 Å². The maximum Gasteiger partial charge on any atom is 0.177 e. The first kappa shape index (κ1) is 15.0. The zero-order valence-corrected chi connectivity index (χ0v) is 15.8. The molecule has 120 valence electrons. The molecule has 0 radical (unpaired) electrons. The van der Waals surface area contributed by atoms with Crippen LogP contribution in [0.4, 0.5) is 0 Å². The number of ketones is 2. The second kappa shape index (κ2) is 5.12. The van der Waals surface area contributed by atoms with Gasteiger partial charge in [0.25, 0.3) is 0 Å². The summed E-state index contributed by atoms with van der Waals surface area (Å²) in [6.45, 7) is 0. The van der Waals surface area contributed by atoms with Crippen molar-refractivity contribution >= 4 is 43.4 Å². The fourth-order valence-electron chi connectivity index (χ4n) is 5.04. The number of benzene rings is 2. The van der Waals surface area contributed by atoms with E-state index in [0.29, 0.717) is 0 Å². The van der Waals surface area contributed by atoms with Gasteiger partial charge in [0.15, 0.2) is 11.6 Å². The van der Waals surface area contributed by atoms with Crippen molar-refractivity contribution in [2.75, 3.05) is 0 Å². The minimum Gasteiger partial charge on any atom is -0.293 e. The first-order valence-electron chi connectivity index (χ1n) is 8.15. The number of hydrogen-bond acceptors (Lipinski definition) is 2. The summed E-state index contributed by atoms with van der Waals surface area (Å²) in [5.41, 5.74) is 3.84. The largest absolute Gasteiger partial charge is 0.293 e. The van der Waals surface area contributed by atoms with Crippen LogP contribution in [0, 0.1) is 11.8 Å². The molecular weight excluding hydrogens is 432 g/mol. The Kier molecular flexibility index (Phi) is 3.21. The highest BCUT2D eigenvalue weighted by atomic mass is 79.9. The summed E-state index contributed by atoms with van der Waals surface area (Å²) in [4.78, 5) is 25.3. The molecule has 0 amide bonds. The van der Waals surface area contributed by atoms with Crippen LogP contribution >= 0.6 is 31.9 Å². The Morgan fingerprint density at radius 3 is 1.42 bits per heavy atom. The average Bonchev–Trinajstić information content (AvgIpc) is 2.58. The Morgan fingerprint density at radius 1 is 0.625 bits per heavy atom. The van der Waals surface area contributed by atoms with E-state index in [9.17, 15) is 9.59 Å². The summed E-state index contributed by atoms with van der Waals surface area (Å²) < 4.78 is 0. The summed E-state index contributed by atoms with van der Waals surface area (Å²) in [6.07, 6.45) is 0. The summed E-state index contributed by atoms with van der Waals surface area (Å²) in [5, 5.41) is 0. The van der Waals surface area contributed by atoms with Crippen LogP contribution in [0.5, 0.6) is 0 Å². The Morgan fingerprint density at radius 2 is 1.00 bits per heavy atom. The topological polar surface area (TPSA) is 34.1 Å². The Labute approximate surface area is 156 Å². The van der Waals surface area contributed by atoms with E-state index >= 15 is 0 Å². The maximum atomic E-state index is 12.8. The van der Waals surface area contributed by atoms with Crippen LogP contribution in [0.3, 0.4) is 0 Å². The van der Waals surface area contributed by atoms with E-state index in [1.807, 2.05) is 36.4 Å². The standard InChI is InChI=1S/C20H14Br2O2/c21-17-15-13(9-5-1-3-7-11(9)19(17)23)16-14(15)10-6-2-4-8-12(10)20(24)18(16)22/h1-8,13-18H. The molecule has 1 fully saturated rings. The number of Topliss-reactive ketones (excluding diaryl/α,β-unsaturated/α-hetero) is 2. The van der Waals surface area contributed by atoms with E-state index in [1.54, 1.807) is 0 Å². The highest BCUT2D eigenvalue weighted by Gasteiger charge is 2.63. The second-order valence-electron chi connectivity index (χ2n) is 6.91. The molecule has 0 aromatic heterocycles. The zero-order valence-electron chi connectivity index (χ0n) is 12.7. The van der Waals surface area contributed by atoms with E-state index in [0.717, 1.165) is 22.3 Å².